The van der Waals surface area contributed by atoms with Gasteiger partial charge in [-0.25, -0.2) is 0 Å². The van der Waals surface area contributed by atoms with E-state index in [4.69, 9.17) is 0 Å². The van der Waals surface area contributed by atoms with Gasteiger partial charge in [0.1, 0.15) is 0 Å². The largest absolute Gasteiger partial charge is 0.295 e. The van der Waals surface area contributed by atoms with Gasteiger partial charge in [0.25, 0.3) is 0 Å². The van der Waals surface area contributed by atoms with E-state index in [-0.39, 0.29) is 16.8 Å². The molecule has 73 valence electrons. The topological polar surface area (TPSA) is 29.1 Å². The maximum Gasteiger partial charge on any atom is 0.180 e. The maximum atomic E-state index is 11.9. The van der Waals surface area contributed by atoms with E-state index in [2.05, 4.69) is 27.3 Å². The number of hydrogen-bond donors (Lipinski definition) is 1. The first kappa shape index (κ1) is 9.87. The fraction of sp³-hybridized carbons (Fsp3) is 0.364. The molecule has 14 heavy (non-hydrogen) atoms. The first-order valence-electron chi connectivity index (χ1n) is 4.68. The van der Waals surface area contributed by atoms with Gasteiger partial charge >= 0.3 is 0 Å². The smallest absolute Gasteiger partial charge is 0.180 e. The SMILES string of the molecule is O=C(c1[c]cccc1)C1CCC(Br)N1. The number of alkyl halides is 1. The minimum absolute atomic E-state index is 0.0435. The van der Waals surface area contributed by atoms with Crippen LogP contribution in [0.1, 0.15) is 23.2 Å². The van der Waals surface area contributed by atoms with Crippen LogP contribution in [-0.4, -0.2) is 16.8 Å². The molecule has 1 N–H and O–H groups in total. The van der Waals surface area contributed by atoms with Crippen LogP contribution in [0.15, 0.2) is 24.3 Å². The predicted molar refractivity (Wildman–Crippen MR) is 58.5 cm³/mol. The molecule has 1 aliphatic heterocycles. The van der Waals surface area contributed by atoms with E-state index in [1.807, 2.05) is 18.2 Å². The average Bonchev–Trinajstić information content (AvgIpc) is 2.65. The summed E-state index contributed by atoms with van der Waals surface area (Å²) in [6.07, 6.45) is 1.90. The Bertz CT molecular complexity index is 325. The molecule has 0 saturated carbocycles. The van der Waals surface area contributed by atoms with Gasteiger partial charge in [0.15, 0.2) is 5.78 Å². The zero-order valence-electron chi connectivity index (χ0n) is 7.66. The summed E-state index contributed by atoms with van der Waals surface area (Å²) in [5, 5.41) is 3.20. The molecule has 0 aliphatic carbocycles. The normalized spacial score (nSPS) is 26.4. The zero-order valence-corrected chi connectivity index (χ0v) is 9.25. The van der Waals surface area contributed by atoms with Crippen LogP contribution in [0.4, 0.5) is 0 Å². The Hall–Kier alpha value is -0.670. The highest BCUT2D eigenvalue weighted by molar-refractivity contribution is 9.09. The quantitative estimate of drug-likeness (QED) is 0.497. The number of hydrogen-bond acceptors (Lipinski definition) is 2. The van der Waals surface area contributed by atoms with Crippen molar-refractivity contribution in [1.82, 2.24) is 5.32 Å². The predicted octanol–water partition coefficient (Wildman–Crippen LogP) is 2.14. The molecular formula is C11H11BrNO. The van der Waals surface area contributed by atoms with Crippen molar-refractivity contribution in [3.63, 3.8) is 0 Å². The Balaban J connectivity index is 2.10. The summed E-state index contributed by atoms with van der Waals surface area (Å²) in [7, 11) is 0. The molecule has 1 aromatic rings. The Labute approximate surface area is 91.8 Å². The third kappa shape index (κ3) is 2.04. The van der Waals surface area contributed by atoms with Crippen molar-refractivity contribution in [3.8, 4) is 0 Å². The van der Waals surface area contributed by atoms with Crippen molar-refractivity contribution in [2.75, 3.05) is 0 Å². The number of carbonyl (C=O) groups excluding carboxylic acids is 1. The fourth-order valence-corrected chi connectivity index (χ4v) is 2.22. The van der Waals surface area contributed by atoms with Crippen LogP contribution in [0.3, 0.4) is 0 Å². The van der Waals surface area contributed by atoms with Crippen LogP contribution in [-0.2, 0) is 0 Å². The van der Waals surface area contributed by atoms with E-state index in [0.29, 0.717) is 5.56 Å². The Kier molecular flexibility index (Phi) is 2.99. The minimum Gasteiger partial charge on any atom is -0.295 e. The van der Waals surface area contributed by atoms with Gasteiger partial charge in [0, 0.05) is 5.56 Å². The number of halogens is 1. The second-order valence-electron chi connectivity index (χ2n) is 3.40. The number of carbonyl (C=O) groups is 1. The van der Waals surface area contributed by atoms with Crippen molar-refractivity contribution in [3.05, 3.63) is 35.9 Å². The van der Waals surface area contributed by atoms with Gasteiger partial charge in [-0.3, -0.25) is 10.1 Å². The van der Waals surface area contributed by atoms with Crippen LogP contribution in [0, 0.1) is 6.07 Å². The van der Waals surface area contributed by atoms with Gasteiger partial charge in [0.05, 0.1) is 11.0 Å². The van der Waals surface area contributed by atoms with E-state index in [9.17, 15) is 4.79 Å². The van der Waals surface area contributed by atoms with Gasteiger partial charge in [0.2, 0.25) is 0 Å². The van der Waals surface area contributed by atoms with E-state index in [1.165, 1.54) is 0 Å². The highest BCUT2D eigenvalue weighted by Crippen LogP contribution is 2.19. The molecule has 0 aromatic heterocycles. The number of nitrogens with one attached hydrogen (secondary N) is 1. The summed E-state index contributed by atoms with van der Waals surface area (Å²) >= 11 is 3.45. The molecule has 1 heterocycles. The van der Waals surface area contributed by atoms with Crippen molar-refractivity contribution in [1.29, 1.82) is 0 Å². The lowest BCUT2D eigenvalue weighted by Gasteiger charge is -2.09. The summed E-state index contributed by atoms with van der Waals surface area (Å²) in [5.74, 6) is 0.146. The second kappa shape index (κ2) is 4.24. The van der Waals surface area contributed by atoms with Gasteiger partial charge in [-0.1, -0.05) is 40.2 Å². The molecule has 2 atom stereocenters. The Morgan fingerprint density at radius 3 is 2.93 bits per heavy atom. The molecule has 3 heteroatoms. The van der Waals surface area contributed by atoms with Crippen molar-refractivity contribution in [2.24, 2.45) is 0 Å². The molecule has 1 radical (unpaired) electrons. The Morgan fingerprint density at radius 1 is 1.50 bits per heavy atom. The average molecular weight is 253 g/mol. The summed E-state index contributed by atoms with van der Waals surface area (Å²) in [4.78, 5) is 12.2. The van der Waals surface area contributed by atoms with E-state index in [1.54, 1.807) is 6.07 Å². The molecule has 0 spiro atoms. The van der Waals surface area contributed by atoms with Gasteiger partial charge in [-0.05, 0) is 18.9 Å². The second-order valence-corrected chi connectivity index (χ2v) is 4.51. The highest BCUT2D eigenvalue weighted by Gasteiger charge is 2.27. The molecule has 1 aliphatic rings. The lowest BCUT2D eigenvalue weighted by atomic mass is 10.0. The number of Topliss-reactive ketones (excluding diaryl/α,β-unsaturated/α-hetero) is 1. The minimum atomic E-state index is -0.0435. The molecule has 1 aromatic carbocycles. The first-order chi connectivity index (χ1) is 6.77. The molecule has 0 amide bonds. The van der Waals surface area contributed by atoms with Crippen molar-refractivity contribution >= 4 is 21.7 Å². The zero-order chi connectivity index (χ0) is 9.97. The number of benzene rings is 1. The first-order valence-corrected chi connectivity index (χ1v) is 5.60. The van der Waals surface area contributed by atoms with Crippen molar-refractivity contribution in [2.45, 2.75) is 23.8 Å². The maximum absolute atomic E-state index is 11.9. The monoisotopic (exact) mass is 252 g/mol. The van der Waals surface area contributed by atoms with Gasteiger partial charge in [-0.2, -0.15) is 0 Å². The van der Waals surface area contributed by atoms with E-state index in [0.717, 1.165) is 12.8 Å². The summed E-state index contributed by atoms with van der Waals surface area (Å²) in [6.45, 7) is 0. The van der Waals surface area contributed by atoms with Crippen LogP contribution in [0.25, 0.3) is 0 Å². The van der Waals surface area contributed by atoms with Crippen LogP contribution >= 0.6 is 15.9 Å². The third-order valence-electron chi connectivity index (χ3n) is 2.38. The standard InChI is InChI=1S/C11H11BrNO/c12-10-7-6-9(13-10)11(14)8-4-2-1-3-5-8/h1-4,9-10,13H,6-7H2. The summed E-state index contributed by atoms with van der Waals surface area (Å²) in [6, 6.07) is 10.2. The number of ketones is 1. The molecule has 2 nitrogen and oxygen atoms in total. The van der Waals surface area contributed by atoms with Crippen molar-refractivity contribution < 1.29 is 4.79 Å². The van der Waals surface area contributed by atoms with Crippen LogP contribution in [0.5, 0.6) is 0 Å². The molecular weight excluding hydrogens is 242 g/mol. The van der Waals surface area contributed by atoms with Crippen LogP contribution < -0.4 is 5.32 Å². The van der Waals surface area contributed by atoms with Gasteiger partial charge in [-0.15, -0.1) is 0 Å². The van der Waals surface area contributed by atoms with E-state index < -0.39 is 0 Å². The molecule has 0 bridgehead atoms. The third-order valence-corrected chi connectivity index (χ3v) is 3.10. The van der Waals surface area contributed by atoms with Gasteiger partial charge < -0.3 is 0 Å². The van der Waals surface area contributed by atoms with E-state index >= 15 is 0 Å². The Morgan fingerprint density at radius 2 is 2.36 bits per heavy atom. The highest BCUT2D eigenvalue weighted by atomic mass is 79.9. The number of rotatable bonds is 2. The summed E-state index contributed by atoms with van der Waals surface area (Å²) < 4.78 is 0. The molecule has 2 rings (SSSR count). The summed E-state index contributed by atoms with van der Waals surface area (Å²) in [5.41, 5.74) is 0.673. The lowest BCUT2D eigenvalue weighted by Crippen LogP contribution is -2.33. The lowest BCUT2D eigenvalue weighted by molar-refractivity contribution is 0.0951. The molecule has 1 fully saturated rings. The fourth-order valence-electron chi connectivity index (χ4n) is 1.64. The molecule has 2 unspecified atom stereocenters. The van der Waals surface area contributed by atoms with Crippen LogP contribution in [0.2, 0.25) is 0 Å². The molecule has 1 saturated heterocycles.